The zero-order valence-electron chi connectivity index (χ0n) is 20.6. The smallest absolute Gasteiger partial charge is 0.408 e. The molecule has 2 amide bonds. The van der Waals surface area contributed by atoms with Gasteiger partial charge in [0.25, 0.3) is 5.91 Å². The molecule has 184 valence electrons. The van der Waals surface area contributed by atoms with Gasteiger partial charge in [-0.25, -0.2) is 4.79 Å². The number of esters is 1. The van der Waals surface area contributed by atoms with Crippen LogP contribution in [0.5, 0.6) is 0 Å². The highest BCUT2D eigenvalue weighted by Gasteiger charge is 2.31. The van der Waals surface area contributed by atoms with Crippen molar-refractivity contribution >= 4 is 23.8 Å². The maximum Gasteiger partial charge on any atom is 0.408 e. The SMILES string of the molecule is COC(=O)[C@H](CC(=O)[C@H](CCCCNC(=O)c1ccccc1)NC(=O)OC(C)(C)C)C(C)C. The molecule has 0 saturated heterocycles. The summed E-state index contributed by atoms with van der Waals surface area (Å²) in [4.78, 5) is 49.5. The fourth-order valence-electron chi connectivity index (χ4n) is 3.23. The van der Waals surface area contributed by atoms with Crippen molar-refractivity contribution in [1.29, 1.82) is 0 Å². The molecule has 0 bridgehead atoms. The summed E-state index contributed by atoms with van der Waals surface area (Å²) in [5.74, 6) is -1.53. The van der Waals surface area contributed by atoms with Crippen LogP contribution in [-0.4, -0.2) is 49.1 Å². The Morgan fingerprint density at radius 2 is 1.64 bits per heavy atom. The average molecular weight is 463 g/mol. The van der Waals surface area contributed by atoms with Crippen molar-refractivity contribution < 1.29 is 28.7 Å². The number of ketones is 1. The molecule has 0 aliphatic rings. The number of unbranched alkanes of at least 4 members (excludes halogenated alkanes) is 1. The van der Waals surface area contributed by atoms with Crippen molar-refractivity contribution in [2.24, 2.45) is 11.8 Å². The van der Waals surface area contributed by atoms with E-state index in [1.165, 1.54) is 7.11 Å². The number of ether oxygens (including phenoxy) is 2. The summed E-state index contributed by atoms with van der Waals surface area (Å²) < 4.78 is 10.1. The molecule has 1 rings (SSSR count). The molecule has 0 heterocycles. The first kappa shape index (κ1) is 28.1. The van der Waals surface area contributed by atoms with Gasteiger partial charge in [-0.2, -0.15) is 0 Å². The molecule has 1 aromatic rings. The summed E-state index contributed by atoms with van der Waals surface area (Å²) in [6, 6.07) is 8.12. The van der Waals surface area contributed by atoms with Crippen molar-refractivity contribution in [2.75, 3.05) is 13.7 Å². The molecule has 0 spiro atoms. The highest BCUT2D eigenvalue weighted by atomic mass is 16.6. The predicted octanol–water partition coefficient (Wildman–Crippen LogP) is 3.88. The van der Waals surface area contributed by atoms with Gasteiger partial charge in [0, 0.05) is 18.5 Å². The lowest BCUT2D eigenvalue weighted by Gasteiger charge is -2.25. The van der Waals surface area contributed by atoms with Gasteiger partial charge in [-0.05, 0) is 58.1 Å². The van der Waals surface area contributed by atoms with Gasteiger partial charge in [0.1, 0.15) is 5.60 Å². The van der Waals surface area contributed by atoms with Crippen LogP contribution in [0.4, 0.5) is 4.79 Å². The number of rotatable bonds is 12. The number of nitrogens with one attached hydrogen (secondary N) is 2. The van der Waals surface area contributed by atoms with Crippen LogP contribution in [0.25, 0.3) is 0 Å². The van der Waals surface area contributed by atoms with Crippen LogP contribution in [0.3, 0.4) is 0 Å². The van der Waals surface area contributed by atoms with E-state index >= 15 is 0 Å². The number of hydrogen-bond acceptors (Lipinski definition) is 6. The Morgan fingerprint density at radius 3 is 2.18 bits per heavy atom. The third kappa shape index (κ3) is 11.0. The highest BCUT2D eigenvalue weighted by molar-refractivity contribution is 5.94. The molecule has 0 fully saturated rings. The standard InChI is InChI=1S/C25H38N2O6/c1-17(2)19(23(30)32-6)16-21(28)20(27-24(31)33-25(3,4)5)14-10-11-15-26-22(29)18-12-8-7-9-13-18/h7-9,12-13,17,19-20H,10-11,14-16H2,1-6H3,(H,26,29)(H,27,31)/t19-,20+/m1/s1. The Balaban J connectivity index is 2.69. The fraction of sp³-hybridized carbons (Fsp3) is 0.600. The van der Waals surface area contributed by atoms with E-state index in [4.69, 9.17) is 9.47 Å². The number of Topliss-reactive ketones (excluding diaryl/α,β-unsaturated/α-hetero) is 1. The zero-order valence-corrected chi connectivity index (χ0v) is 20.6. The third-order valence-corrected chi connectivity index (χ3v) is 5.05. The summed E-state index contributed by atoms with van der Waals surface area (Å²) in [6.45, 7) is 9.36. The molecule has 1 aromatic carbocycles. The van der Waals surface area contributed by atoms with Crippen LogP contribution in [0.15, 0.2) is 30.3 Å². The largest absolute Gasteiger partial charge is 0.469 e. The monoisotopic (exact) mass is 462 g/mol. The minimum Gasteiger partial charge on any atom is -0.469 e. The normalized spacial score (nSPS) is 13.1. The van der Waals surface area contributed by atoms with Crippen LogP contribution < -0.4 is 10.6 Å². The van der Waals surface area contributed by atoms with E-state index in [2.05, 4.69) is 10.6 Å². The maximum absolute atomic E-state index is 13.0. The van der Waals surface area contributed by atoms with Gasteiger partial charge in [0.15, 0.2) is 5.78 Å². The van der Waals surface area contributed by atoms with Crippen molar-refractivity contribution in [3.05, 3.63) is 35.9 Å². The van der Waals surface area contributed by atoms with E-state index in [0.717, 1.165) is 0 Å². The van der Waals surface area contributed by atoms with E-state index < -0.39 is 29.6 Å². The zero-order chi connectivity index (χ0) is 25.0. The molecule has 2 N–H and O–H groups in total. The highest BCUT2D eigenvalue weighted by Crippen LogP contribution is 2.20. The van der Waals surface area contributed by atoms with E-state index in [1.54, 1.807) is 45.0 Å². The summed E-state index contributed by atoms with van der Waals surface area (Å²) in [5.41, 5.74) is -0.119. The number of carbonyl (C=O) groups excluding carboxylic acids is 4. The second-order valence-corrected chi connectivity index (χ2v) is 9.36. The van der Waals surface area contributed by atoms with Crippen molar-refractivity contribution in [1.82, 2.24) is 10.6 Å². The quantitative estimate of drug-likeness (QED) is 0.360. The lowest BCUT2D eigenvalue weighted by Crippen LogP contribution is -2.44. The van der Waals surface area contributed by atoms with Crippen LogP contribution >= 0.6 is 0 Å². The minimum atomic E-state index is -0.796. The number of carbonyl (C=O) groups is 4. The first-order valence-electron chi connectivity index (χ1n) is 11.4. The summed E-state index contributed by atoms with van der Waals surface area (Å²) in [5, 5.41) is 5.50. The summed E-state index contributed by atoms with van der Waals surface area (Å²) >= 11 is 0. The molecular weight excluding hydrogens is 424 g/mol. The Hall–Kier alpha value is -2.90. The van der Waals surface area contributed by atoms with E-state index in [9.17, 15) is 19.2 Å². The Labute approximate surface area is 196 Å². The molecule has 0 aliphatic heterocycles. The molecule has 0 aromatic heterocycles. The molecule has 2 atom stereocenters. The molecule has 8 heteroatoms. The minimum absolute atomic E-state index is 0.0322. The summed E-state index contributed by atoms with van der Waals surface area (Å²) in [6.07, 6.45) is 0.868. The first-order chi connectivity index (χ1) is 15.4. The van der Waals surface area contributed by atoms with Gasteiger partial charge >= 0.3 is 12.1 Å². The molecule has 0 saturated carbocycles. The third-order valence-electron chi connectivity index (χ3n) is 5.05. The molecule has 33 heavy (non-hydrogen) atoms. The average Bonchev–Trinajstić information content (AvgIpc) is 2.74. The van der Waals surface area contributed by atoms with Crippen molar-refractivity contribution in [2.45, 2.75) is 71.9 Å². The van der Waals surface area contributed by atoms with Gasteiger partial charge in [-0.15, -0.1) is 0 Å². The van der Waals surface area contributed by atoms with Crippen LogP contribution in [0, 0.1) is 11.8 Å². The van der Waals surface area contributed by atoms with Gasteiger partial charge in [-0.1, -0.05) is 32.0 Å². The van der Waals surface area contributed by atoms with Crippen LogP contribution in [-0.2, 0) is 19.1 Å². The topological polar surface area (TPSA) is 111 Å². The lowest BCUT2D eigenvalue weighted by molar-refractivity contribution is -0.149. The van der Waals surface area contributed by atoms with Gasteiger partial charge < -0.3 is 20.1 Å². The van der Waals surface area contributed by atoms with Crippen LogP contribution in [0.1, 0.15) is 70.7 Å². The maximum atomic E-state index is 13.0. The Morgan fingerprint density at radius 1 is 1.00 bits per heavy atom. The van der Waals surface area contributed by atoms with Crippen LogP contribution in [0.2, 0.25) is 0 Å². The van der Waals surface area contributed by atoms with Crippen molar-refractivity contribution in [3.8, 4) is 0 Å². The Kier molecular flexibility index (Phi) is 11.6. The number of methoxy groups -OCH3 is 1. The van der Waals surface area contributed by atoms with Crippen molar-refractivity contribution in [3.63, 3.8) is 0 Å². The second kappa shape index (κ2) is 13.6. The van der Waals surface area contributed by atoms with E-state index in [0.29, 0.717) is 31.4 Å². The first-order valence-corrected chi connectivity index (χ1v) is 11.4. The molecule has 8 nitrogen and oxygen atoms in total. The number of benzene rings is 1. The fourth-order valence-corrected chi connectivity index (χ4v) is 3.23. The number of hydrogen-bond donors (Lipinski definition) is 2. The Bertz CT molecular complexity index is 786. The van der Waals surface area contributed by atoms with Gasteiger partial charge in [0.2, 0.25) is 0 Å². The second-order valence-electron chi connectivity index (χ2n) is 9.36. The summed E-state index contributed by atoms with van der Waals surface area (Å²) in [7, 11) is 1.29. The van der Waals surface area contributed by atoms with Gasteiger partial charge in [-0.3, -0.25) is 14.4 Å². The van der Waals surface area contributed by atoms with E-state index in [-0.39, 0.29) is 24.0 Å². The lowest BCUT2D eigenvalue weighted by atomic mass is 9.88. The van der Waals surface area contributed by atoms with Gasteiger partial charge in [0.05, 0.1) is 19.1 Å². The number of amides is 2. The van der Waals surface area contributed by atoms with E-state index in [1.807, 2.05) is 19.9 Å². The molecule has 0 unspecified atom stereocenters. The number of alkyl carbamates (subject to hydrolysis) is 1. The molecule has 0 aliphatic carbocycles. The molecule has 0 radical (unpaired) electrons. The molecular formula is C25H38N2O6. The predicted molar refractivity (Wildman–Crippen MR) is 126 cm³/mol.